The number of allylic oxidation sites excluding steroid dienone is 4. The minimum absolute atomic E-state index is 0.0169. The quantitative estimate of drug-likeness (QED) is 0.0321. The Morgan fingerprint density at radius 2 is 0.700 bits per heavy atom. The maximum atomic E-state index is 12.5. The van der Waals surface area contributed by atoms with Gasteiger partial charge in [-0.15, -0.1) is 0 Å². The van der Waals surface area contributed by atoms with Gasteiger partial charge in [0.25, 0.3) is 0 Å². The summed E-state index contributed by atoms with van der Waals surface area (Å²) in [5, 5.41) is 23.3. The summed E-state index contributed by atoms with van der Waals surface area (Å²) in [6.07, 6.45) is 73.3. The highest BCUT2D eigenvalue weighted by Gasteiger charge is 2.20. The first kappa shape index (κ1) is 68.3. The number of aliphatic hydroxyl groups excluding tert-OH is 2. The van der Waals surface area contributed by atoms with E-state index >= 15 is 0 Å². The van der Waals surface area contributed by atoms with Crippen LogP contribution in [0, 0.1) is 0 Å². The van der Waals surface area contributed by atoms with Crippen molar-refractivity contribution in [1.82, 2.24) is 5.32 Å². The summed E-state index contributed by atoms with van der Waals surface area (Å²) in [6.45, 7) is 4.93. The van der Waals surface area contributed by atoms with Crippen LogP contribution in [-0.2, 0) is 14.3 Å². The number of hydrogen-bond acceptors (Lipinski definition) is 5. The van der Waals surface area contributed by atoms with Crippen LogP contribution >= 0.6 is 0 Å². The van der Waals surface area contributed by atoms with E-state index in [2.05, 4.69) is 43.5 Å². The summed E-state index contributed by atoms with van der Waals surface area (Å²) in [5.41, 5.74) is 0. The molecular weight excluding hydrogens is 863 g/mol. The maximum Gasteiger partial charge on any atom is 0.305 e. The van der Waals surface area contributed by atoms with Gasteiger partial charge in [0.05, 0.1) is 25.4 Å². The molecule has 0 bridgehead atoms. The van der Waals surface area contributed by atoms with Gasteiger partial charge in [-0.1, -0.05) is 301 Å². The van der Waals surface area contributed by atoms with Crippen LogP contribution in [0.1, 0.15) is 348 Å². The van der Waals surface area contributed by atoms with Crippen LogP contribution in [0.4, 0.5) is 0 Å². The van der Waals surface area contributed by atoms with Crippen LogP contribution in [0.15, 0.2) is 24.3 Å². The molecule has 0 saturated heterocycles. The molecule has 0 aliphatic rings. The molecule has 0 aromatic rings. The van der Waals surface area contributed by atoms with Crippen LogP contribution < -0.4 is 5.32 Å². The van der Waals surface area contributed by atoms with Crippen LogP contribution in [0.5, 0.6) is 0 Å². The van der Waals surface area contributed by atoms with Crippen LogP contribution in [0.3, 0.4) is 0 Å². The molecule has 6 heteroatoms. The highest BCUT2D eigenvalue weighted by molar-refractivity contribution is 5.76. The Kier molecular flexibility index (Phi) is 58.5. The summed E-state index contributed by atoms with van der Waals surface area (Å²) < 4.78 is 5.47. The van der Waals surface area contributed by atoms with E-state index in [4.69, 9.17) is 4.74 Å². The average molecular weight is 987 g/mol. The third-order valence-electron chi connectivity index (χ3n) is 14.8. The van der Waals surface area contributed by atoms with Crippen molar-refractivity contribution in [3.05, 3.63) is 24.3 Å². The number of aliphatic hydroxyl groups is 2. The van der Waals surface area contributed by atoms with Crippen molar-refractivity contribution in [3.8, 4) is 0 Å². The molecule has 0 aromatic heterocycles. The molecular formula is C64H123NO5. The Hall–Kier alpha value is -1.66. The zero-order valence-electron chi connectivity index (χ0n) is 47.3. The largest absolute Gasteiger partial charge is 0.466 e. The molecule has 0 radical (unpaired) electrons. The molecule has 70 heavy (non-hydrogen) atoms. The van der Waals surface area contributed by atoms with E-state index in [-0.39, 0.29) is 18.5 Å². The molecule has 0 aromatic carbocycles. The number of amides is 1. The third kappa shape index (κ3) is 55.7. The molecule has 2 unspecified atom stereocenters. The smallest absolute Gasteiger partial charge is 0.305 e. The first-order chi connectivity index (χ1) is 34.5. The number of nitrogens with one attached hydrogen (secondary N) is 1. The minimum Gasteiger partial charge on any atom is -0.466 e. The number of unbranched alkanes of at least 4 members (excludes halogenated alkanes) is 45. The number of hydrogen-bond donors (Lipinski definition) is 3. The summed E-state index contributed by atoms with van der Waals surface area (Å²) in [5.74, 6) is -0.0708. The lowest BCUT2D eigenvalue weighted by atomic mass is 10.0. The van der Waals surface area contributed by atoms with Gasteiger partial charge in [-0.3, -0.25) is 9.59 Å². The second kappa shape index (κ2) is 59.9. The monoisotopic (exact) mass is 986 g/mol. The highest BCUT2D eigenvalue weighted by Crippen LogP contribution is 2.18. The summed E-state index contributed by atoms with van der Waals surface area (Å²) in [4.78, 5) is 24.6. The van der Waals surface area contributed by atoms with Gasteiger partial charge < -0.3 is 20.3 Å². The molecule has 3 N–H and O–H groups in total. The molecule has 0 aliphatic heterocycles. The van der Waals surface area contributed by atoms with Gasteiger partial charge in [-0.2, -0.15) is 0 Å². The number of rotatable bonds is 59. The fourth-order valence-corrected chi connectivity index (χ4v) is 9.93. The van der Waals surface area contributed by atoms with Crippen LogP contribution in [0.2, 0.25) is 0 Å². The van der Waals surface area contributed by atoms with Crippen molar-refractivity contribution in [2.45, 2.75) is 360 Å². The van der Waals surface area contributed by atoms with Gasteiger partial charge in [-0.25, -0.2) is 0 Å². The minimum atomic E-state index is -0.679. The van der Waals surface area contributed by atoms with Gasteiger partial charge in [0.1, 0.15) is 0 Å². The molecule has 0 aliphatic carbocycles. The molecule has 0 saturated carbocycles. The number of ether oxygens (including phenoxy) is 1. The van der Waals surface area contributed by atoms with E-state index in [0.717, 1.165) is 77.0 Å². The fraction of sp³-hybridized carbons (Fsp3) is 0.906. The van der Waals surface area contributed by atoms with Crippen molar-refractivity contribution >= 4 is 11.9 Å². The number of esters is 1. The first-order valence-corrected chi connectivity index (χ1v) is 31.6. The predicted molar refractivity (Wildman–Crippen MR) is 306 cm³/mol. The number of carbonyl (C=O) groups excluding carboxylic acids is 2. The van der Waals surface area contributed by atoms with Crippen molar-refractivity contribution in [3.63, 3.8) is 0 Å². The molecule has 0 heterocycles. The molecule has 0 spiro atoms. The molecule has 6 nitrogen and oxygen atoms in total. The Labute approximate surface area is 437 Å². The van der Waals surface area contributed by atoms with E-state index in [9.17, 15) is 19.8 Å². The molecule has 2 atom stereocenters. The Morgan fingerprint density at radius 3 is 1.06 bits per heavy atom. The van der Waals surface area contributed by atoms with Crippen molar-refractivity contribution in [2.75, 3.05) is 13.2 Å². The van der Waals surface area contributed by atoms with Gasteiger partial charge in [0, 0.05) is 12.8 Å². The van der Waals surface area contributed by atoms with Crippen molar-refractivity contribution < 1.29 is 24.5 Å². The average Bonchev–Trinajstić information content (AvgIpc) is 3.36. The third-order valence-corrected chi connectivity index (χ3v) is 14.8. The highest BCUT2D eigenvalue weighted by atomic mass is 16.5. The van der Waals surface area contributed by atoms with Crippen LogP contribution in [-0.4, -0.2) is 47.4 Å². The zero-order chi connectivity index (χ0) is 50.7. The summed E-state index contributed by atoms with van der Waals surface area (Å²) >= 11 is 0. The summed E-state index contributed by atoms with van der Waals surface area (Å²) in [6, 6.07) is -0.559. The topological polar surface area (TPSA) is 95.9 Å². The van der Waals surface area contributed by atoms with Gasteiger partial charge >= 0.3 is 5.97 Å². The lowest BCUT2D eigenvalue weighted by Gasteiger charge is -2.22. The fourth-order valence-electron chi connectivity index (χ4n) is 9.93. The maximum absolute atomic E-state index is 12.5. The lowest BCUT2D eigenvalue weighted by Crippen LogP contribution is -2.45. The van der Waals surface area contributed by atoms with Crippen molar-refractivity contribution in [2.24, 2.45) is 0 Å². The first-order valence-electron chi connectivity index (χ1n) is 31.6. The lowest BCUT2D eigenvalue weighted by molar-refractivity contribution is -0.143. The SMILES string of the molecule is CCCCCCCCCCCCCCCCCCCCCCCC(O)C(CO)NC(=O)CCCCCCCC/C=C\C=C/CCCCCOC(=O)CCCCCCCCCCCCCCCCCCC. The normalized spacial score (nSPS) is 12.7. The summed E-state index contributed by atoms with van der Waals surface area (Å²) in [7, 11) is 0. The molecule has 0 rings (SSSR count). The predicted octanol–water partition coefficient (Wildman–Crippen LogP) is 19.8. The second-order valence-electron chi connectivity index (χ2n) is 21.8. The Balaban J connectivity index is 3.49. The van der Waals surface area contributed by atoms with E-state index in [0.29, 0.717) is 25.9 Å². The van der Waals surface area contributed by atoms with E-state index in [1.165, 1.54) is 238 Å². The molecule has 0 fully saturated rings. The zero-order valence-corrected chi connectivity index (χ0v) is 47.3. The van der Waals surface area contributed by atoms with Crippen molar-refractivity contribution in [1.29, 1.82) is 0 Å². The standard InChI is InChI=1S/C64H123NO5/c1-3-5-7-9-11-13-15-17-19-21-22-23-24-26-28-32-36-40-44-48-52-56-62(67)61(60-66)65-63(68)57-53-49-45-41-37-33-29-27-31-35-39-43-47-51-55-59-70-64(69)58-54-50-46-42-38-34-30-25-20-18-16-14-12-10-8-6-4-2/h27,31,35,39,61-62,66-67H,3-26,28-30,32-34,36-38,40-60H2,1-2H3,(H,65,68)/b31-27-,39-35-. The Bertz CT molecular complexity index is 1090. The molecule has 414 valence electrons. The van der Waals surface area contributed by atoms with E-state index in [1.807, 2.05) is 0 Å². The van der Waals surface area contributed by atoms with Crippen LogP contribution in [0.25, 0.3) is 0 Å². The number of carbonyl (C=O) groups is 2. The molecule has 1 amide bonds. The van der Waals surface area contributed by atoms with E-state index in [1.54, 1.807) is 0 Å². The Morgan fingerprint density at radius 1 is 0.400 bits per heavy atom. The van der Waals surface area contributed by atoms with Gasteiger partial charge in [-0.05, 0) is 57.8 Å². The van der Waals surface area contributed by atoms with E-state index < -0.39 is 12.1 Å². The second-order valence-corrected chi connectivity index (χ2v) is 21.8. The van der Waals surface area contributed by atoms with Gasteiger partial charge in [0.15, 0.2) is 0 Å². The van der Waals surface area contributed by atoms with Gasteiger partial charge in [0.2, 0.25) is 5.91 Å².